The van der Waals surface area contributed by atoms with E-state index in [2.05, 4.69) is 6.07 Å². The van der Waals surface area contributed by atoms with E-state index in [1.54, 1.807) is 0 Å². The van der Waals surface area contributed by atoms with Gasteiger partial charge in [-0.3, -0.25) is 0 Å². The second-order valence-corrected chi connectivity index (χ2v) is 4.05. The highest BCUT2D eigenvalue weighted by atomic mass is 19.4. The molecule has 20 heavy (non-hydrogen) atoms. The zero-order chi connectivity index (χ0) is 15.0. The Kier molecular flexibility index (Phi) is 3.50. The molecule has 0 saturated heterocycles. The topological polar surface area (TPSA) is 0 Å². The van der Waals surface area contributed by atoms with Crippen molar-refractivity contribution in [2.75, 3.05) is 0 Å². The third-order valence-electron chi connectivity index (χ3n) is 2.67. The van der Waals surface area contributed by atoms with Crippen LogP contribution in [0.3, 0.4) is 0 Å². The van der Waals surface area contributed by atoms with Crippen LogP contribution in [0, 0.1) is 6.07 Å². The van der Waals surface area contributed by atoms with Crippen molar-refractivity contribution >= 4 is 0 Å². The molecular formula is C14H7F6. The van der Waals surface area contributed by atoms with E-state index in [4.69, 9.17) is 0 Å². The highest BCUT2D eigenvalue weighted by molar-refractivity contribution is 5.68. The number of benzene rings is 2. The van der Waals surface area contributed by atoms with Gasteiger partial charge in [0.05, 0.1) is 11.1 Å². The van der Waals surface area contributed by atoms with Gasteiger partial charge in [-0.15, -0.1) is 0 Å². The zero-order valence-corrected chi connectivity index (χ0v) is 9.81. The Balaban J connectivity index is 2.65. The molecule has 0 saturated carbocycles. The summed E-state index contributed by atoms with van der Waals surface area (Å²) in [6.45, 7) is 0. The van der Waals surface area contributed by atoms with E-state index in [1.807, 2.05) is 0 Å². The van der Waals surface area contributed by atoms with Crippen molar-refractivity contribution in [2.24, 2.45) is 0 Å². The summed E-state index contributed by atoms with van der Waals surface area (Å²) in [6, 6.07) is 9.81. The van der Waals surface area contributed by atoms with Crippen LogP contribution in [0.15, 0.2) is 42.5 Å². The molecule has 2 aromatic rings. The first-order valence-corrected chi connectivity index (χ1v) is 5.44. The first kappa shape index (κ1) is 14.4. The van der Waals surface area contributed by atoms with Gasteiger partial charge < -0.3 is 0 Å². The molecule has 0 bridgehead atoms. The van der Waals surface area contributed by atoms with Gasteiger partial charge in [-0.1, -0.05) is 24.3 Å². The van der Waals surface area contributed by atoms with Gasteiger partial charge in [-0.05, 0) is 35.4 Å². The van der Waals surface area contributed by atoms with Crippen LogP contribution in [-0.4, -0.2) is 0 Å². The number of halogens is 6. The van der Waals surface area contributed by atoms with E-state index in [0.29, 0.717) is 6.07 Å². The summed E-state index contributed by atoms with van der Waals surface area (Å²) in [5.41, 5.74) is -2.78. The lowest BCUT2D eigenvalue weighted by Crippen LogP contribution is -2.12. The first-order chi connectivity index (χ1) is 9.19. The predicted molar refractivity (Wildman–Crippen MR) is 60.7 cm³/mol. The zero-order valence-electron chi connectivity index (χ0n) is 9.81. The van der Waals surface area contributed by atoms with Gasteiger partial charge in [0.2, 0.25) is 0 Å². The van der Waals surface area contributed by atoms with Crippen LogP contribution in [0.1, 0.15) is 11.1 Å². The molecule has 0 aliphatic heterocycles. The van der Waals surface area contributed by atoms with Crippen LogP contribution in [0.5, 0.6) is 0 Å². The third-order valence-corrected chi connectivity index (χ3v) is 2.67. The van der Waals surface area contributed by atoms with Gasteiger partial charge in [-0.2, -0.15) is 26.3 Å². The second kappa shape index (κ2) is 4.85. The Morgan fingerprint density at radius 3 is 2.05 bits per heavy atom. The maximum atomic E-state index is 12.9. The molecule has 0 aliphatic carbocycles. The Bertz CT molecular complexity index is 595. The van der Waals surface area contributed by atoms with Crippen molar-refractivity contribution in [3.8, 4) is 11.1 Å². The van der Waals surface area contributed by atoms with Gasteiger partial charge in [0.15, 0.2) is 0 Å². The number of rotatable bonds is 1. The summed E-state index contributed by atoms with van der Waals surface area (Å²) in [6.07, 6.45) is -9.69. The maximum absolute atomic E-state index is 12.9. The molecule has 0 N–H and O–H groups in total. The summed E-state index contributed by atoms with van der Waals surface area (Å²) < 4.78 is 76.3. The molecule has 0 aliphatic rings. The summed E-state index contributed by atoms with van der Waals surface area (Å²) >= 11 is 0. The van der Waals surface area contributed by atoms with Gasteiger partial charge in [-0.25, -0.2) is 0 Å². The van der Waals surface area contributed by atoms with Gasteiger partial charge in [0.1, 0.15) is 0 Å². The van der Waals surface area contributed by atoms with Crippen LogP contribution >= 0.6 is 0 Å². The minimum absolute atomic E-state index is 0.127. The third kappa shape index (κ3) is 2.95. The molecule has 105 valence electrons. The Hall–Kier alpha value is -1.98. The standard InChI is InChI=1S/C14H7F6/c15-13(16,17)10-6-7-11(9-4-2-1-3-5-9)12(8-10)14(18,19)20/h1-2,4-8H. The van der Waals surface area contributed by atoms with E-state index in [0.717, 1.165) is 6.07 Å². The molecule has 6 heteroatoms. The summed E-state index contributed by atoms with van der Waals surface area (Å²) in [5, 5.41) is 0. The molecule has 0 spiro atoms. The Morgan fingerprint density at radius 2 is 1.55 bits per heavy atom. The van der Waals surface area contributed by atoms with E-state index >= 15 is 0 Å². The predicted octanol–water partition coefficient (Wildman–Crippen LogP) is 5.19. The average Bonchev–Trinajstić information content (AvgIpc) is 2.37. The molecule has 0 nitrogen and oxygen atoms in total. The second-order valence-electron chi connectivity index (χ2n) is 4.05. The smallest absolute Gasteiger partial charge is 0.166 e. The minimum atomic E-state index is -4.87. The van der Waals surface area contributed by atoms with Gasteiger partial charge in [0.25, 0.3) is 0 Å². The number of alkyl halides is 6. The molecule has 0 heterocycles. The lowest BCUT2D eigenvalue weighted by atomic mass is 9.97. The van der Waals surface area contributed by atoms with Gasteiger partial charge >= 0.3 is 12.4 Å². The number of hydrogen-bond donors (Lipinski definition) is 0. The monoisotopic (exact) mass is 289 g/mol. The van der Waals surface area contributed by atoms with E-state index in [1.165, 1.54) is 24.3 Å². The van der Waals surface area contributed by atoms with Gasteiger partial charge in [0, 0.05) is 0 Å². The molecule has 0 amide bonds. The molecule has 0 aromatic heterocycles. The van der Waals surface area contributed by atoms with Crippen LogP contribution in [0.2, 0.25) is 0 Å². The lowest BCUT2D eigenvalue weighted by Gasteiger charge is -2.16. The fraction of sp³-hybridized carbons (Fsp3) is 0.143. The van der Waals surface area contributed by atoms with Crippen molar-refractivity contribution in [2.45, 2.75) is 12.4 Å². The van der Waals surface area contributed by atoms with Crippen molar-refractivity contribution in [1.82, 2.24) is 0 Å². The lowest BCUT2D eigenvalue weighted by molar-refractivity contribution is -0.142. The molecular weight excluding hydrogens is 282 g/mol. The molecule has 1 radical (unpaired) electrons. The summed E-state index contributed by atoms with van der Waals surface area (Å²) in [5.74, 6) is 0. The molecule has 0 unspecified atom stereocenters. The molecule has 2 aromatic carbocycles. The molecule has 2 rings (SSSR count). The first-order valence-electron chi connectivity index (χ1n) is 5.44. The van der Waals surface area contributed by atoms with Crippen molar-refractivity contribution in [3.63, 3.8) is 0 Å². The highest BCUT2D eigenvalue weighted by Gasteiger charge is 2.38. The minimum Gasteiger partial charge on any atom is -0.166 e. The van der Waals surface area contributed by atoms with Crippen LogP contribution < -0.4 is 0 Å². The summed E-state index contributed by atoms with van der Waals surface area (Å²) in [7, 11) is 0. The van der Waals surface area contributed by atoms with E-state index in [-0.39, 0.29) is 17.2 Å². The van der Waals surface area contributed by atoms with Crippen molar-refractivity contribution < 1.29 is 26.3 Å². The summed E-state index contributed by atoms with van der Waals surface area (Å²) in [4.78, 5) is 0. The van der Waals surface area contributed by atoms with Crippen LogP contribution in [0.4, 0.5) is 26.3 Å². The van der Waals surface area contributed by atoms with E-state index < -0.39 is 23.5 Å². The van der Waals surface area contributed by atoms with E-state index in [9.17, 15) is 26.3 Å². The van der Waals surface area contributed by atoms with Crippen LogP contribution in [0.25, 0.3) is 11.1 Å². The van der Waals surface area contributed by atoms with Crippen molar-refractivity contribution in [3.05, 3.63) is 59.7 Å². The molecule has 0 fully saturated rings. The fourth-order valence-electron chi connectivity index (χ4n) is 1.77. The highest BCUT2D eigenvalue weighted by Crippen LogP contribution is 2.40. The maximum Gasteiger partial charge on any atom is 0.417 e. The normalized spacial score (nSPS) is 12.5. The number of hydrogen-bond acceptors (Lipinski definition) is 0. The van der Waals surface area contributed by atoms with Crippen LogP contribution in [-0.2, 0) is 12.4 Å². The Labute approximate surface area is 110 Å². The fourth-order valence-corrected chi connectivity index (χ4v) is 1.77. The molecule has 0 atom stereocenters. The Morgan fingerprint density at radius 1 is 0.850 bits per heavy atom. The van der Waals surface area contributed by atoms with Crippen molar-refractivity contribution in [1.29, 1.82) is 0 Å². The average molecular weight is 289 g/mol. The largest absolute Gasteiger partial charge is 0.417 e. The SMILES string of the molecule is FC(F)(F)c1ccc(-c2c[c]ccc2)c(C(F)(F)F)c1. The quantitative estimate of drug-likeness (QED) is 0.634.